The number of benzene rings is 3. The van der Waals surface area contributed by atoms with E-state index in [1.165, 1.54) is 17.0 Å². The van der Waals surface area contributed by atoms with Gasteiger partial charge in [-0.2, -0.15) is 0 Å². The van der Waals surface area contributed by atoms with Crippen LogP contribution in [0.5, 0.6) is 0 Å². The molecule has 0 heterocycles. The monoisotopic (exact) mass is 603 g/mol. The van der Waals surface area contributed by atoms with E-state index in [9.17, 15) is 18.0 Å². The van der Waals surface area contributed by atoms with Crippen molar-refractivity contribution in [1.29, 1.82) is 0 Å². The van der Waals surface area contributed by atoms with E-state index < -0.39 is 28.5 Å². The van der Waals surface area contributed by atoms with Crippen LogP contribution >= 0.6 is 23.2 Å². The quantitative estimate of drug-likeness (QED) is 0.265. The Morgan fingerprint density at radius 3 is 2.12 bits per heavy atom. The second kappa shape index (κ2) is 14.0. The van der Waals surface area contributed by atoms with Gasteiger partial charge in [0.05, 0.1) is 10.6 Å². The number of rotatable bonds is 12. The average molecular weight is 605 g/mol. The number of hydrogen-bond donors (Lipinski definition) is 1. The van der Waals surface area contributed by atoms with Crippen LogP contribution in [-0.4, -0.2) is 44.3 Å². The van der Waals surface area contributed by atoms with Gasteiger partial charge in [-0.1, -0.05) is 80.4 Å². The molecule has 2 amide bonds. The molecule has 0 aliphatic heterocycles. The van der Waals surface area contributed by atoms with Gasteiger partial charge in [0.2, 0.25) is 11.8 Å². The second-order valence-corrected chi connectivity index (χ2v) is 12.4. The molecule has 3 aromatic rings. The maximum Gasteiger partial charge on any atom is 0.264 e. The van der Waals surface area contributed by atoms with E-state index in [0.717, 1.165) is 9.87 Å². The maximum absolute atomic E-state index is 14.0. The first-order valence-electron chi connectivity index (χ1n) is 13.2. The summed E-state index contributed by atoms with van der Waals surface area (Å²) in [5.41, 5.74) is 1.96. The maximum atomic E-state index is 14.0. The Bertz CT molecular complexity index is 1410. The van der Waals surface area contributed by atoms with Crippen LogP contribution in [0.15, 0.2) is 77.7 Å². The van der Waals surface area contributed by atoms with Crippen molar-refractivity contribution in [3.05, 3.63) is 94.0 Å². The summed E-state index contributed by atoms with van der Waals surface area (Å²) >= 11 is 12.5. The van der Waals surface area contributed by atoms with Crippen LogP contribution < -0.4 is 9.62 Å². The summed E-state index contributed by atoms with van der Waals surface area (Å²) in [5.74, 6) is -0.629. The Morgan fingerprint density at radius 2 is 1.57 bits per heavy atom. The van der Waals surface area contributed by atoms with Crippen LogP contribution in [0, 0.1) is 0 Å². The van der Waals surface area contributed by atoms with Gasteiger partial charge in [-0.3, -0.25) is 13.9 Å². The Hall–Kier alpha value is -3.07. The Balaban J connectivity index is 2.08. The van der Waals surface area contributed by atoms with E-state index in [2.05, 4.69) is 5.32 Å². The number of amides is 2. The molecule has 0 bridgehead atoms. The van der Waals surface area contributed by atoms with Gasteiger partial charge in [0.15, 0.2) is 0 Å². The fourth-order valence-electron chi connectivity index (χ4n) is 4.32. The van der Waals surface area contributed by atoms with Gasteiger partial charge in [0, 0.05) is 23.1 Å². The smallest absolute Gasteiger partial charge is 0.264 e. The zero-order valence-corrected chi connectivity index (χ0v) is 25.4. The molecule has 0 unspecified atom stereocenters. The first-order chi connectivity index (χ1) is 19.0. The van der Waals surface area contributed by atoms with Crippen LogP contribution in [0.1, 0.15) is 51.2 Å². The number of carbonyl (C=O) groups is 2. The molecule has 1 N–H and O–H groups in total. The van der Waals surface area contributed by atoms with Gasteiger partial charge in [0.1, 0.15) is 12.6 Å². The molecule has 3 rings (SSSR count). The Kier molecular flexibility index (Phi) is 11.0. The fraction of sp³-hybridized carbons (Fsp3) is 0.333. The predicted molar refractivity (Wildman–Crippen MR) is 161 cm³/mol. The summed E-state index contributed by atoms with van der Waals surface area (Å²) in [6.45, 7) is 7.55. The minimum atomic E-state index is -4.12. The van der Waals surface area contributed by atoms with Crippen molar-refractivity contribution in [3.63, 3.8) is 0 Å². The van der Waals surface area contributed by atoms with E-state index in [1.54, 1.807) is 62.4 Å². The van der Waals surface area contributed by atoms with Crippen LogP contribution in [0.2, 0.25) is 10.0 Å². The highest BCUT2D eigenvalue weighted by Crippen LogP contribution is 2.28. The van der Waals surface area contributed by atoms with Crippen LogP contribution in [-0.2, 0) is 26.2 Å². The lowest BCUT2D eigenvalue weighted by Gasteiger charge is -2.33. The van der Waals surface area contributed by atoms with Crippen molar-refractivity contribution in [2.24, 2.45) is 0 Å². The molecule has 10 heteroatoms. The molecular weight excluding hydrogens is 569 g/mol. The summed E-state index contributed by atoms with van der Waals surface area (Å²) in [7, 11) is -4.12. The third-order valence-corrected chi connectivity index (χ3v) is 8.93. The number of likely N-dealkylation sites (N-methyl/N-ethyl adjacent to an activating group) is 1. The number of halogens is 2. The van der Waals surface area contributed by atoms with Gasteiger partial charge in [-0.15, -0.1) is 0 Å². The molecule has 0 aromatic heterocycles. The van der Waals surface area contributed by atoms with Gasteiger partial charge in [0.25, 0.3) is 10.0 Å². The zero-order chi connectivity index (χ0) is 29.4. The molecule has 0 aliphatic carbocycles. The summed E-state index contributed by atoms with van der Waals surface area (Å²) in [4.78, 5) is 28.5. The van der Waals surface area contributed by atoms with Crippen LogP contribution in [0.3, 0.4) is 0 Å². The molecule has 0 fully saturated rings. The highest BCUT2D eigenvalue weighted by Gasteiger charge is 2.33. The minimum absolute atomic E-state index is 0.00398. The molecule has 0 spiro atoms. The van der Waals surface area contributed by atoms with Crippen molar-refractivity contribution in [1.82, 2.24) is 10.2 Å². The van der Waals surface area contributed by atoms with E-state index in [1.807, 2.05) is 26.0 Å². The molecule has 3 aromatic carbocycles. The SMILES string of the molecule is CCNC(=O)[C@H](CC)N(Cc1ccc(Cl)cc1Cl)C(=O)CN(c1ccc(C(C)C)cc1)S(=O)(=O)c1ccccc1. The van der Waals surface area contributed by atoms with E-state index in [4.69, 9.17) is 23.2 Å². The van der Waals surface area contributed by atoms with Gasteiger partial charge >= 0.3 is 0 Å². The van der Waals surface area contributed by atoms with Crippen molar-refractivity contribution in [3.8, 4) is 0 Å². The lowest BCUT2D eigenvalue weighted by atomic mass is 10.0. The lowest BCUT2D eigenvalue weighted by Crippen LogP contribution is -2.52. The van der Waals surface area contributed by atoms with Gasteiger partial charge < -0.3 is 10.2 Å². The number of nitrogens with one attached hydrogen (secondary N) is 1. The highest BCUT2D eigenvalue weighted by molar-refractivity contribution is 7.92. The molecule has 0 saturated carbocycles. The molecular formula is C30H35Cl2N3O4S. The minimum Gasteiger partial charge on any atom is -0.355 e. The number of carbonyl (C=O) groups excluding carboxylic acids is 2. The summed E-state index contributed by atoms with van der Waals surface area (Å²) in [6.07, 6.45) is 0.317. The molecule has 1 atom stereocenters. The van der Waals surface area contributed by atoms with Crippen molar-refractivity contribution in [2.75, 3.05) is 17.4 Å². The summed E-state index contributed by atoms with van der Waals surface area (Å²) < 4.78 is 28.8. The van der Waals surface area contributed by atoms with Crippen molar-refractivity contribution in [2.45, 2.75) is 57.5 Å². The molecule has 40 heavy (non-hydrogen) atoms. The van der Waals surface area contributed by atoms with E-state index >= 15 is 0 Å². The molecule has 0 radical (unpaired) electrons. The Morgan fingerprint density at radius 1 is 0.925 bits per heavy atom. The van der Waals surface area contributed by atoms with E-state index in [-0.39, 0.29) is 23.3 Å². The standard InChI is InChI=1S/C30H35Cl2N3O4S/c1-5-28(30(37)33-6-2)34(19-23-12-15-24(31)18-27(23)32)29(36)20-35(25-16-13-22(14-17-25)21(3)4)40(38,39)26-10-8-7-9-11-26/h7-18,21,28H,5-6,19-20H2,1-4H3,(H,33,37)/t28-/m0/s1. The predicted octanol–water partition coefficient (Wildman–Crippen LogP) is 6.26. The van der Waals surface area contributed by atoms with Crippen molar-refractivity contribution >= 4 is 50.7 Å². The molecule has 0 saturated heterocycles. The zero-order valence-electron chi connectivity index (χ0n) is 23.1. The third-order valence-electron chi connectivity index (χ3n) is 6.55. The van der Waals surface area contributed by atoms with Crippen LogP contribution in [0.4, 0.5) is 5.69 Å². The molecule has 214 valence electrons. The third kappa shape index (κ3) is 7.56. The van der Waals surface area contributed by atoms with Gasteiger partial charge in [-0.05, 0) is 66.8 Å². The number of anilines is 1. The number of sulfonamides is 1. The lowest BCUT2D eigenvalue weighted by molar-refractivity contribution is -0.140. The number of hydrogen-bond acceptors (Lipinski definition) is 4. The van der Waals surface area contributed by atoms with Crippen LogP contribution in [0.25, 0.3) is 0 Å². The largest absolute Gasteiger partial charge is 0.355 e. The van der Waals surface area contributed by atoms with Gasteiger partial charge in [-0.25, -0.2) is 8.42 Å². The second-order valence-electron chi connectivity index (χ2n) is 9.65. The normalized spacial score (nSPS) is 12.2. The molecule has 0 aliphatic rings. The first-order valence-corrected chi connectivity index (χ1v) is 15.4. The molecule has 7 nitrogen and oxygen atoms in total. The fourth-order valence-corrected chi connectivity index (χ4v) is 6.22. The Labute approximate surface area is 247 Å². The summed E-state index contributed by atoms with van der Waals surface area (Å²) in [5, 5.41) is 3.56. The first kappa shape index (κ1) is 31.5. The van der Waals surface area contributed by atoms with Crippen molar-refractivity contribution < 1.29 is 18.0 Å². The average Bonchev–Trinajstić information content (AvgIpc) is 2.93. The highest BCUT2D eigenvalue weighted by atomic mass is 35.5. The topological polar surface area (TPSA) is 86.8 Å². The van der Waals surface area contributed by atoms with E-state index in [0.29, 0.717) is 34.3 Å². The number of nitrogens with zero attached hydrogens (tertiary/aromatic N) is 2. The summed E-state index contributed by atoms with van der Waals surface area (Å²) in [6, 6.07) is 19.1.